The number of anilines is 1. The molecular formula is C18H15F3N4O3S. The van der Waals surface area contributed by atoms with Gasteiger partial charge in [-0.1, -0.05) is 23.9 Å². The van der Waals surface area contributed by atoms with Crippen molar-refractivity contribution >= 4 is 40.6 Å². The average Bonchev–Trinajstić information content (AvgIpc) is 3.20. The van der Waals surface area contributed by atoms with Crippen LogP contribution in [0.15, 0.2) is 51.0 Å². The van der Waals surface area contributed by atoms with E-state index in [-0.39, 0.29) is 17.3 Å². The molecule has 0 unspecified atom stereocenters. The van der Waals surface area contributed by atoms with Crippen LogP contribution in [0.4, 0.5) is 18.9 Å². The molecule has 1 saturated heterocycles. The molecule has 11 heteroatoms. The number of nitrogens with zero attached hydrogens (tertiary/aromatic N) is 2. The maximum absolute atomic E-state index is 13.0. The van der Waals surface area contributed by atoms with Gasteiger partial charge in [0.1, 0.15) is 16.8 Å². The van der Waals surface area contributed by atoms with Gasteiger partial charge in [-0.2, -0.15) is 18.3 Å². The Labute approximate surface area is 167 Å². The van der Waals surface area contributed by atoms with Crippen LogP contribution >= 0.6 is 11.8 Å². The third-order valence-corrected chi connectivity index (χ3v) is 4.82. The lowest BCUT2D eigenvalue weighted by molar-refractivity contribution is -0.137. The predicted molar refractivity (Wildman–Crippen MR) is 103 cm³/mol. The Morgan fingerprint density at radius 3 is 2.76 bits per heavy atom. The van der Waals surface area contributed by atoms with Crippen LogP contribution in [0, 0.1) is 6.92 Å². The fourth-order valence-corrected chi connectivity index (χ4v) is 3.38. The van der Waals surface area contributed by atoms with E-state index in [0.29, 0.717) is 11.5 Å². The zero-order valence-electron chi connectivity index (χ0n) is 15.0. The Balaban J connectivity index is 1.60. The maximum atomic E-state index is 13.0. The minimum atomic E-state index is -4.60. The van der Waals surface area contributed by atoms with Crippen LogP contribution in [0.2, 0.25) is 0 Å². The average molecular weight is 424 g/mol. The van der Waals surface area contributed by atoms with E-state index in [1.807, 2.05) is 0 Å². The van der Waals surface area contributed by atoms with Gasteiger partial charge in [0.25, 0.3) is 0 Å². The predicted octanol–water partition coefficient (Wildman–Crippen LogP) is 3.56. The number of alkyl halides is 3. The lowest BCUT2D eigenvalue weighted by Crippen LogP contribution is -2.28. The first kappa shape index (κ1) is 20.6. The van der Waals surface area contributed by atoms with Crippen molar-refractivity contribution in [3.05, 3.63) is 53.5 Å². The van der Waals surface area contributed by atoms with Crippen molar-refractivity contribution in [1.29, 1.82) is 0 Å². The molecule has 1 aliphatic rings. The quantitative estimate of drug-likeness (QED) is 0.567. The van der Waals surface area contributed by atoms with Crippen molar-refractivity contribution in [1.82, 2.24) is 5.32 Å². The number of hydrogen-bond acceptors (Lipinski definition) is 6. The summed E-state index contributed by atoms with van der Waals surface area (Å²) in [5.41, 5.74) is -1.32. The molecule has 7 nitrogen and oxygen atoms in total. The number of thioether (sulfide) groups is 1. The van der Waals surface area contributed by atoms with Crippen LogP contribution in [-0.4, -0.2) is 28.4 Å². The largest absolute Gasteiger partial charge is 0.460 e. The molecule has 152 valence electrons. The van der Waals surface area contributed by atoms with Crippen molar-refractivity contribution < 1.29 is 27.2 Å². The van der Waals surface area contributed by atoms with Crippen LogP contribution in [0.25, 0.3) is 0 Å². The molecule has 0 bridgehead atoms. The molecule has 1 aromatic carbocycles. The molecule has 3 rings (SSSR count). The van der Waals surface area contributed by atoms with Crippen molar-refractivity contribution in [2.45, 2.75) is 24.8 Å². The van der Waals surface area contributed by atoms with Gasteiger partial charge in [0.05, 0.1) is 17.5 Å². The summed E-state index contributed by atoms with van der Waals surface area (Å²) in [6, 6.07) is 8.09. The summed E-state index contributed by atoms with van der Waals surface area (Å²) in [6.07, 6.45) is -3.56. The summed E-state index contributed by atoms with van der Waals surface area (Å²) < 4.78 is 44.3. The molecule has 2 N–H and O–H groups in total. The number of amides is 2. The topological polar surface area (TPSA) is 96.1 Å². The molecule has 0 aliphatic carbocycles. The lowest BCUT2D eigenvalue weighted by atomic mass is 10.1. The number of rotatable bonds is 5. The highest BCUT2D eigenvalue weighted by molar-refractivity contribution is 8.15. The van der Waals surface area contributed by atoms with Crippen LogP contribution in [0.3, 0.4) is 0 Å². The third-order valence-electron chi connectivity index (χ3n) is 3.75. The van der Waals surface area contributed by atoms with E-state index in [9.17, 15) is 22.8 Å². The molecule has 1 aliphatic heterocycles. The van der Waals surface area contributed by atoms with Gasteiger partial charge in [-0.15, -0.1) is 5.10 Å². The van der Waals surface area contributed by atoms with E-state index in [0.717, 1.165) is 23.9 Å². The molecule has 2 aromatic rings. The van der Waals surface area contributed by atoms with E-state index in [2.05, 4.69) is 20.8 Å². The van der Waals surface area contributed by atoms with Crippen LogP contribution < -0.4 is 10.6 Å². The van der Waals surface area contributed by atoms with Crippen LogP contribution in [-0.2, 0) is 15.8 Å². The Morgan fingerprint density at radius 2 is 2.07 bits per heavy atom. The number of amidine groups is 1. The highest BCUT2D eigenvalue weighted by Gasteiger charge is 2.35. The second-order valence-electron chi connectivity index (χ2n) is 5.99. The SMILES string of the molecule is Cc1ccc(/C=N\N=C2/NC(=O)[C@@H](CC(=O)Nc3ccccc3C(F)(F)F)S2)o1. The van der Waals surface area contributed by atoms with Gasteiger partial charge in [-0.05, 0) is 31.2 Å². The van der Waals surface area contributed by atoms with Gasteiger partial charge in [0, 0.05) is 6.42 Å². The second-order valence-corrected chi connectivity index (χ2v) is 7.18. The molecule has 1 fully saturated rings. The zero-order valence-corrected chi connectivity index (χ0v) is 15.8. The molecule has 1 aromatic heterocycles. The van der Waals surface area contributed by atoms with Crippen LogP contribution in [0.5, 0.6) is 0 Å². The molecule has 0 saturated carbocycles. The van der Waals surface area contributed by atoms with E-state index in [4.69, 9.17) is 4.42 Å². The molecule has 1 atom stereocenters. The summed E-state index contributed by atoms with van der Waals surface area (Å²) in [5, 5.41) is 11.7. The Bertz CT molecular complexity index is 985. The minimum Gasteiger partial charge on any atom is -0.460 e. The van der Waals surface area contributed by atoms with E-state index in [1.165, 1.54) is 18.3 Å². The number of hydrogen-bond donors (Lipinski definition) is 2. The molecule has 0 radical (unpaired) electrons. The van der Waals surface area contributed by atoms with E-state index < -0.39 is 28.8 Å². The minimum absolute atomic E-state index is 0.183. The molecular weight excluding hydrogens is 409 g/mol. The Hall–Kier alpha value is -3.08. The van der Waals surface area contributed by atoms with E-state index in [1.54, 1.807) is 19.1 Å². The smallest absolute Gasteiger partial charge is 0.418 e. The summed E-state index contributed by atoms with van der Waals surface area (Å²) in [5.74, 6) is 0.00321. The maximum Gasteiger partial charge on any atom is 0.418 e. The lowest BCUT2D eigenvalue weighted by Gasteiger charge is -2.14. The number of carbonyl (C=O) groups is 2. The summed E-state index contributed by atoms with van der Waals surface area (Å²) in [7, 11) is 0. The fourth-order valence-electron chi connectivity index (χ4n) is 2.46. The first-order valence-electron chi connectivity index (χ1n) is 8.33. The van der Waals surface area contributed by atoms with Gasteiger partial charge < -0.3 is 15.1 Å². The highest BCUT2D eigenvalue weighted by Crippen LogP contribution is 2.34. The van der Waals surface area contributed by atoms with Gasteiger partial charge in [-0.25, -0.2) is 0 Å². The summed E-state index contributed by atoms with van der Waals surface area (Å²) in [6.45, 7) is 1.78. The Morgan fingerprint density at radius 1 is 1.31 bits per heavy atom. The fraction of sp³-hybridized carbons (Fsp3) is 0.222. The zero-order chi connectivity index (χ0) is 21.0. The Kier molecular flexibility index (Phi) is 6.06. The number of benzene rings is 1. The van der Waals surface area contributed by atoms with Crippen molar-refractivity contribution in [3.63, 3.8) is 0 Å². The molecule has 0 spiro atoms. The molecule has 2 heterocycles. The monoisotopic (exact) mass is 424 g/mol. The van der Waals surface area contributed by atoms with Crippen molar-refractivity contribution in [2.75, 3.05) is 5.32 Å². The van der Waals surface area contributed by atoms with Crippen molar-refractivity contribution in [2.24, 2.45) is 10.2 Å². The standard InChI is InChI=1S/C18H15F3N4O3S/c1-10-6-7-11(28-10)9-22-25-17-24-16(27)14(29-17)8-15(26)23-13-5-3-2-4-12(13)18(19,20)21/h2-7,9,14H,8H2,1H3,(H,23,26)(H,24,25,27)/b22-9-/t14-/m1/s1. The van der Waals surface area contributed by atoms with Crippen LogP contribution in [0.1, 0.15) is 23.5 Å². The number of nitrogens with one attached hydrogen (secondary N) is 2. The molecule has 2 amide bonds. The first-order valence-corrected chi connectivity index (χ1v) is 9.21. The summed E-state index contributed by atoms with van der Waals surface area (Å²) in [4.78, 5) is 24.1. The number of aryl methyl sites for hydroxylation is 1. The van der Waals surface area contributed by atoms with Gasteiger partial charge >= 0.3 is 6.18 Å². The number of para-hydroxylation sites is 1. The summed E-state index contributed by atoms with van der Waals surface area (Å²) >= 11 is 0.970. The normalized spacial score (nSPS) is 18.4. The molecule has 29 heavy (non-hydrogen) atoms. The van der Waals surface area contributed by atoms with Gasteiger partial charge in [0.15, 0.2) is 5.17 Å². The van der Waals surface area contributed by atoms with Gasteiger partial charge in [-0.3, -0.25) is 9.59 Å². The highest BCUT2D eigenvalue weighted by atomic mass is 32.2. The number of carbonyl (C=O) groups excluding carboxylic acids is 2. The number of furan rings is 1. The second kappa shape index (κ2) is 8.52. The van der Waals surface area contributed by atoms with Crippen molar-refractivity contribution in [3.8, 4) is 0 Å². The van der Waals surface area contributed by atoms with E-state index >= 15 is 0 Å². The number of halogens is 3. The van der Waals surface area contributed by atoms with Gasteiger partial charge in [0.2, 0.25) is 11.8 Å². The first-order chi connectivity index (χ1) is 13.7. The third kappa shape index (κ3) is 5.47.